The number of amides is 1. The van der Waals surface area contributed by atoms with E-state index in [0.717, 1.165) is 12.1 Å². The zero-order valence-corrected chi connectivity index (χ0v) is 11.7. The first-order chi connectivity index (χ1) is 8.47. The van der Waals surface area contributed by atoms with Crippen molar-refractivity contribution in [2.45, 2.75) is 59.3 Å². The van der Waals surface area contributed by atoms with Crippen molar-refractivity contribution in [2.24, 2.45) is 0 Å². The van der Waals surface area contributed by atoms with Crippen molar-refractivity contribution >= 4 is 5.91 Å². The van der Waals surface area contributed by atoms with Gasteiger partial charge in [-0.2, -0.15) is 5.10 Å². The van der Waals surface area contributed by atoms with E-state index in [1.54, 1.807) is 0 Å². The van der Waals surface area contributed by atoms with Gasteiger partial charge in [0.1, 0.15) is 0 Å². The van der Waals surface area contributed by atoms with Crippen molar-refractivity contribution < 1.29 is 4.79 Å². The average Bonchev–Trinajstić information content (AvgIpc) is 2.70. The van der Waals surface area contributed by atoms with E-state index in [1.165, 1.54) is 0 Å². The second-order valence-electron chi connectivity index (χ2n) is 5.12. The van der Waals surface area contributed by atoms with Crippen LogP contribution in [0.3, 0.4) is 0 Å². The number of rotatable bonds is 7. The molecular weight excluding hydrogens is 228 g/mol. The molecule has 1 rings (SSSR count). The minimum atomic E-state index is 0.0716. The molecule has 0 radical (unpaired) electrons. The van der Waals surface area contributed by atoms with Gasteiger partial charge in [-0.25, -0.2) is 0 Å². The van der Waals surface area contributed by atoms with Crippen LogP contribution < -0.4 is 10.6 Å². The van der Waals surface area contributed by atoms with Gasteiger partial charge in [-0.15, -0.1) is 0 Å². The molecule has 0 saturated carbocycles. The molecule has 0 spiro atoms. The maximum Gasteiger partial charge on any atom is 0.222 e. The summed E-state index contributed by atoms with van der Waals surface area (Å²) in [6, 6.07) is 0.658. The highest BCUT2D eigenvalue weighted by molar-refractivity contribution is 5.76. The lowest BCUT2D eigenvalue weighted by Gasteiger charge is -2.08. The summed E-state index contributed by atoms with van der Waals surface area (Å²) < 4.78 is 1.82. The summed E-state index contributed by atoms with van der Waals surface area (Å²) in [5, 5.41) is 10.4. The molecule has 1 heterocycles. The van der Waals surface area contributed by atoms with Crippen molar-refractivity contribution in [1.82, 2.24) is 20.4 Å². The predicted octanol–water partition coefficient (Wildman–Crippen LogP) is 1.30. The Hall–Kier alpha value is -1.36. The molecule has 0 bridgehead atoms. The van der Waals surface area contributed by atoms with Crippen LogP contribution in [0.2, 0.25) is 0 Å². The van der Waals surface area contributed by atoms with E-state index in [0.29, 0.717) is 19.0 Å². The van der Waals surface area contributed by atoms with Crippen LogP contribution in [0.5, 0.6) is 0 Å². The Kier molecular flexibility index (Phi) is 5.85. The highest BCUT2D eigenvalue weighted by Gasteiger charge is 2.05. The molecule has 102 valence electrons. The Bertz CT molecular complexity index is 371. The van der Waals surface area contributed by atoms with Gasteiger partial charge in [0.05, 0.1) is 6.20 Å². The number of aryl methyl sites for hydroxylation is 1. The molecule has 2 N–H and O–H groups in total. The molecular formula is C13H24N4O. The van der Waals surface area contributed by atoms with Crippen molar-refractivity contribution in [2.75, 3.05) is 0 Å². The molecule has 18 heavy (non-hydrogen) atoms. The lowest BCUT2D eigenvalue weighted by atomic mass is 10.3. The highest BCUT2D eigenvalue weighted by atomic mass is 16.1. The molecule has 0 fully saturated rings. The van der Waals surface area contributed by atoms with Crippen LogP contribution in [0.15, 0.2) is 12.4 Å². The topological polar surface area (TPSA) is 59.0 Å². The second kappa shape index (κ2) is 7.16. The Morgan fingerprint density at radius 3 is 2.67 bits per heavy atom. The third-order valence-corrected chi connectivity index (χ3v) is 2.42. The van der Waals surface area contributed by atoms with Gasteiger partial charge in [-0.1, -0.05) is 13.8 Å². The lowest BCUT2D eigenvalue weighted by molar-refractivity contribution is -0.121. The van der Waals surface area contributed by atoms with E-state index >= 15 is 0 Å². The number of nitrogens with one attached hydrogen (secondary N) is 2. The Balaban J connectivity index is 2.33. The molecule has 0 aliphatic carbocycles. The van der Waals surface area contributed by atoms with Crippen molar-refractivity contribution in [3.05, 3.63) is 18.0 Å². The third kappa shape index (κ3) is 5.82. The summed E-state index contributed by atoms with van der Waals surface area (Å²) in [5.41, 5.74) is 1.15. The third-order valence-electron chi connectivity index (χ3n) is 2.42. The standard InChI is InChI=1S/C13H24N4O/c1-10(2)14-7-12-8-15-17(9-12)6-5-13(18)16-11(3)4/h8-11,14H,5-7H2,1-4H3,(H,16,18). The maximum absolute atomic E-state index is 11.5. The monoisotopic (exact) mass is 252 g/mol. The van der Waals surface area contributed by atoms with Crippen LogP contribution in [-0.2, 0) is 17.9 Å². The highest BCUT2D eigenvalue weighted by Crippen LogP contribution is 1.99. The number of hydrogen-bond donors (Lipinski definition) is 2. The minimum Gasteiger partial charge on any atom is -0.354 e. The summed E-state index contributed by atoms with van der Waals surface area (Å²) in [5.74, 6) is 0.0716. The summed E-state index contributed by atoms with van der Waals surface area (Å²) in [6.45, 7) is 9.58. The zero-order valence-electron chi connectivity index (χ0n) is 11.7. The first-order valence-corrected chi connectivity index (χ1v) is 6.51. The Morgan fingerprint density at radius 1 is 1.33 bits per heavy atom. The predicted molar refractivity (Wildman–Crippen MR) is 72.1 cm³/mol. The zero-order chi connectivity index (χ0) is 13.5. The van der Waals surface area contributed by atoms with Gasteiger partial charge in [-0.3, -0.25) is 9.48 Å². The summed E-state index contributed by atoms with van der Waals surface area (Å²) in [6.07, 6.45) is 4.30. The quantitative estimate of drug-likeness (QED) is 0.769. The molecule has 0 saturated heterocycles. The molecule has 0 unspecified atom stereocenters. The molecule has 5 nitrogen and oxygen atoms in total. The second-order valence-corrected chi connectivity index (χ2v) is 5.12. The van der Waals surface area contributed by atoms with Crippen LogP contribution in [-0.4, -0.2) is 27.8 Å². The Morgan fingerprint density at radius 2 is 2.06 bits per heavy atom. The van der Waals surface area contributed by atoms with E-state index in [1.807, 2.05) is 30.9 Å². The van der Waals surface area contributed by atoms with Crippen LogP contribution in [0.1, 0.15) is 39.7 Å². The fourth-order valence-electron chi connectivity index (χ4n) is 1.55. The van der Waals surface area contributed by atoms with Gasteiger partial charge in [0.2, 0.25) is 5.91 Å². The summed E-state index contributed by atoms with van der Waals surface area (Å²) >= 11 is 0. The van der Waals surface area contributed by atoms with Crippen molar-refractivity contribution in [1.29, 1.82) is 0 Å². The SMILES string of the molecule is CC(C)NCc1cnn(CCC(=O)NC(C)C)c1. The first kappa shape index (κ1) is 14.7. The summed E-state index contributed by atoms with van der Waals surface area (Å²) in [7, 11) is 0. The van der Waals surface area contributed by atoms with E-state index < -0.39 is 0 Å². The number of nitrogens with zero attached hydrogens (tertiary/aromatic N) is 2. The molecule has 0 aromatic carbocycles. The number of carbonyl (C=O) groups excluding carboxylic acids is 1. The van der Waals surface area contributed by atoms with Crippen molar-refractivity contribution in [3.63, 3.8) is 0 Å². The van der Waals surface area contributed by atoms with Crippen LogP contribution in [0.4, 0.5) is 0 Å². The smallest absolute Gasteiger partial charge is 0.222 e. The summed E-state index contributed by atoms with van der Waals surface area (Å²) in [4.78, 5) is 11.5. The molecule has 1 aromatic rings. The average molecular weight is 252 g/mol. The van der Waals surface area contributed by atoms with Gasteiger partial charge in [0.15, 0.2) is 0 Å². The van der Waals surface area contributed by atoms with Crippen LogP contribution in [0.25, 0.3) is 0 Å². The molecule has 0 atom stereocenters. The van der Waals surface area contributed by atoms with Gasteiger partial charge < -0.3 is 10.6 Å². The van der Waals surface area contributed by atoms with Gasteiger partial charge in [0.25, 0.3) is 0 Å². The number of carbonyl (C=O) groups is 1. The normalized spacial score (nSPS) is 11.2. The molecule has 1 aromatic heterocycles. The molecule has 0 aliphatic heterocycles. The van der Waals surface area contributed by atoms with E-state index in [2.05, 4.69) is 29.6 Å². The number of aromatic nitrogens is 2. The fraction of sp³-hybridized carbons (Fsp3) is 0.692. The largest absolute Gasteiger partial charge is 0.354 e. The first-order valence-electron chi connectivity index (χ1n) is 6.51. The van der Waals surface area contributed by atoms with Gasteiger partial charge >= 0.3 is 0 Å². The van der Waals surface area contributed by atoms with E-state index in [4.69, 9.17) is 0 Å². The van der Waals surface area contributed by atoms with Crippen LogP contribution in [0, 0.1) is 0 Å². The van der Waals surface area contributed by atoms with Gasteiger partial charge in [-0.05, 0) is 13.8 Å². The van der Waals surface area contributed by atoms with E-state index in [9.17, 15) is 4.79 Å². The minimum absolute atomic E-state index is 0.0716. The number of hydrogen-bond acceptors (Lipinski definition) is 3. The maximum atomic E-state index is 11.5. The molecule has 5 heteroatoms. The van der Waals surface area contributed by atoms with Gasteiger partial charge in [0, 0.05) is 43.4 Å². The molecule has 1 amide bonds. The van der Waals surface area contributed by atoms with E-state index in [-0.39, 0.29) is 11.9 Å². The van der Waals surface area contributed by atoms with Crippen molar-refractivity contribution in [3.8, 4) is 0 Å². The van der Waals surface area contributed by atoms with Crippen LogP contribution >= 0.6 is 0 Å². The lowest BCUT2D eigenvalue weighted by Crippen LogP contribution is -2.30. The molecule has 0 aliphatic rings. The Labute approximate surface area is 109 Å². The fourth-order valence-corrected chi connectivity index (χ4v) is 1.55.